The van der Waals surface area contributed by atoms with Crippen LogP contribution in [0.3, 0.4) is 0 Å². The summed E-state index contributed by atoms with van der Waals surface area (Å²) in [6.45, 7) is 6.49. The van der Waals surface area contributed by atoms with E-state index < -0.39 is 24.0 Å². The molecule has 162 valence electrons. The van der Waals surface area contributed by atoms with Gasteiger partial charge in [-0.3, -0.25) is 19.2 Å². The minimum absolute atomic E-state index is 0.0442. The van der Waals surface area contributed by atoms with Crippen molar-refractivity contribution >= 4 is 46.3 Å². The monoisotopic (exact) mass is 515 g/mol. The highest BCUT2D eigenvalue weighted by molar-refractivity contribution is 14.1. The number of nitrogens with one attached hydrogen (secondary N) is 3. The average molecular weight is 515 g/mol. The van der Waals surface area contributed by atoms with Crippen molar-refractivity contribution in [2.45, 2.75) is 39.3 Å². The van der Waals surface area contributed by atoms with Crippen LogP contribution in [-0.4, -0.2) is 78.3 Å². The minimum Gasteiger partial charge on any atom is -0.480 e. The second-order valence-electron chi connectivity index (χ2n) is 6.32. The molecular formula is C17H30IN3O7. The quantitative estimate of drug-likeness (QED) is 0.133. The van der Waals surface area contributed by atoms with Crippen LogP contribution in [0.1, 0.15) is 27.2 Å². The van der Waals surface area contributed by atoms with E-state index in [1.54, 1.807) is 13.8 Å². The highest BCUT2D eigenvalue weighted by Crippen LogP contribution is 2.03. The van der Waals surface area contributed by atoms with Crippen LogP contribution in [0.5, 0.6) is 0 Å². The number of alkyl halides is 1. The van der Waals surface area contributed by atoms with Gasteiger partial charge in [0.25, 0.3) is 0 Å². The molecule has 0 fully saturated rings. The second-order valence-corrected chi connectivity index (χ2v) is 7.08. The van der Waals surface area contributed by atoms with E-state index in [0.717, 1.165) is 0 Å². The average Bonchev–Trinajstić information content (AvgIpc) is 2.63. The Labute approximate surface area is 178 Å². The first-order chi connectivity index (χ1) is 13.2. The van der Waals surface area contributed by atoms with Crippen LogP contribution < -0.4 is 16.0 Å². The fourth-order valence-electron chi connectivity index (χ4n) is 1.94. The Balaban J connectivity index is 3.97. The Bertz CT molecular complexity index is 517. The molecule has 0 aromatic heterocycles. The largest absolute Gasteiger partial charge is 0.480 e. The molecule has 0 rings (SSSR count). The van der Waals surface area contributed by atoms with E-state index in [1.165, 1.54) is 6.92 Å². The van der Waals surface area contributed by atoms with Crippen molar-refractivity contribution in [2.75, 3.05) is 37.4 Å². The van der Waals surface area contributed by atoms with E-state index in [1.807, 2.05) is 22.6 Å². The SMILES string of the molecule is CC(C)[C@H](NC(=O)CCOCCOCCNC(=O)CI)C(=O)N[C@@H](C)C(=O)O. The third-order valence-electron chi connectivity index (χ3n) is 3.53. The molecular weight excluding hydrogens is 485 g/mol. The summed E-state index contributed by atoms with van der Waals surface area (Å²) in [7, 11) is 0. The topological polar surface area (TPSA) is 143 Å². The summed E-state index contributed by atoms with van der Waals surface area (Å²) < 4.78 is 11.0. The van der Waals surface area contributed by atoms with Crippen LogP contribution in [-0.2, 0) is 28.7 Å². The molecule has 0 saturated carbocycles. The van der Waals surface area contributed by atoms with Crippen LogP contribution in [0, 0.1) is 5.92 Å². The van der Waals surface area contributed by atoms with Crippen LogP contribution in [0.4, 0.5) is 0 Å². The molecule has 3 amide bonds. The Morgan fingerprint density at radius 2 is 1.54 bits per heavy atom. The van der Waals surface area contributed by atoms with Crippen LogP contribution in [0.25, 0.3) is 0 Å². The fraction of sp³-hybridized carbons (Fsp3) is 0.765. The van der Waals surface area contributed by atoms with Gasteiger partial charge >= 0.3 is 5.97 Å². The molecule has 0 aromatic carbocycles. The summed E-state index contributed by atoms with van der Waals surface area (Å²) >= 11 is 1.97. The second kappa shape index (κ2) is 15.5. The van der Waals surface area contributed by atoms with Gasteiger partial charge in [0.2, 0.25) is 17.7 Å². The van der Waals surface area contributed by atoms with Crippen molar-refractivity contribution in [1.29, 1.82) is 0 Å². The van der Waals surface area contributed by atoms with Crippen molar-refractivity contribution in [3.8, 4) is 0 Å². The number of halogens is 1. The predicted octanol–water partition coefficient (Wildman–Crippen LogP) is -0.309. The van der Waals surface area contributed by atoms with Crippen molar-refractivity contribution in [1.82, 2.24) is 16.0 Å². The van der Waals surface area contributed by atoms with Gasteiger partial charge in [-0.2, -0.15) is 0 Å². The number of amides is 3. The lowest BCUT2D eigenvalue weighted by Crippen LogP contribution is -2.53. The molecule has 28 heavy (non-hydrogen) atoms. The number of aliphatic carboxylic acids is 1. The van der Waals surface area contributed by atoms with Crippen LogP contribution in [0.15, 0.2) is 0 Å². The normalized spacial score (nSPS) is 12.9. The highest BCUT2D eigenvalue weighted by Gasteiger charge is 2.26. The number of carboxylic acids is 1. The van der Waals surface area contributed by atoms with Gasteiger partial charge in [0.05, 0.1) is 30.9 Å². The lowest BCUT2D eigenvalue weighted by Gasteiger charge is -2.23. The summed E-state index contributed by atoms with van der Waals surface area (Å²) in [6.07, 6.45) is 0.0662. The number of hydrogen-bond acceptors (Lipinski definition) is 6. The van der Waals surface area contributed by atoms with Gasteiger partial charge in [-0.05, 0) is 12.8 Å². The van der Waals surface area contributed by atoms with Crippen molar-refractivity contribution in [3.63, 3.8) is 0 Å². The predicted molar refractivity (Wildman–Crippen MR) is 110 cm³/mol. The lowest BCUT2D eigenvalue weighted by atomic mass is 10.0. The van der Waals surface area contributed by atoms with E-state index in [2.05, 4.69) is 16.0 Å². The van der Waals surface area contributed by atoms with E-state index in [0.29, 0.717) is 30.8 Å². The molecule has 0 bridgehead atoms. The van der Waals surface area contributed by atoms with Crippen LogP contribution >= 0.6 is 22.6 Å². The first-order valence-corrected chi connectivity index (χ1v) is 10.5. The molecule has 0 unspecified atom stereocenters. The maximum Gasteiger partial charge on any atom is 0.325 e. The molecule has 11 heteroatoms. The van der Waals surface area contributed by atoms with Crippen LogP contribution in [0.2, 0.25) is 0 Å². The minimum atomic E-state index is -1.15. The van der Waals surface area contributed by atoms with Gasteiger partial charge in [-0.25, -0.2) is 0 Å². The molecule has 0 aliphatic rings. The Kier molecular flexibility index (Phi) is 14.6. The fourth-order valence-corrected chi connectivity index (χ4v) is 2.21. The molecule has 2 atom stereocenters. The van der Waals surface area contributed by atoms with Gasteiger partial charge in [-0.15, -0.1) is 0 Å². The molecule has 0 aliphatic carbocycles. The van der Waals surface area contributed by atoms with Gasteiger partial charge in [0, 0.05) is 13.0 Å². The zero-order valence-electron chi connectivity index (χ0n) is 16.5. The van der Waals surface area contributed by atoms with E-state index >= 15 is 0 Å². The third-order valence-corrected chi connectivity index (χ3v) is 4.22. The van der Waals surface area contributed by atoms with Gasteiger partial charge in [-0.1, -0.05) is 36.4 Å². The molecule has 0 aromatic rings. The number of hydrogen-bond donors (Lipinski definition) is 4. The first-order valence-electron chi connectivity index (χ1n) is 8.99. The number of carbonyl (C=O) groups is 4. The Hall–Kier alpha value is -1.47. The summed E-state index contributed by atoms with van der Waals surface area (Å²) in [5, 5.41) is 16.5. The number of ether oxygens (including phenoxy) is 2. The number of carbonyl (C=O) groups excluding carboxylic acids is 3. The lowest BCUT2D eigenvalue weighted by molar-refractivity contribution is -0.142. The van der Waals surface area contributed by atoms with Gasteiger partial charge in [0.15, 0.2) is 0 Å². The third kappa shape index (κ3) is 12.8. The molecule has 0 spiro atoms. The molecule has 4 N–H and O–H groups in total. The molecule has 0 saturated heterocycles. The summed E-state index contributed by atoms with van der Waals surface area (Å²) in [5.41, 5.74) is 0. The smallest absolute Gasteiger partial charge is 0.325 e. The molecule has 0 heterocycles. The maximum absolute atomic E-state index is 12.1. The number of carboxylic acid groups (broad SMARTS) is 1. The van der Waals surface area contributed by atoms with Gasteiger partial charge < -0.3 is 30.5 Å². The Morgan fingerprint density at radius 3 is 2.07 bits per heavy atom. The zero-order chi connectivity index (χ0) is 21.5. The molecule has 10 nitrogen and oxygen atoms in total. The summed E-state index contributed by atoms with van der Waals surface area (Å²) in [6, 6.07) is -1.86. The van der Waals surface area contributed by atoms with Crippen molar-refractivity contribution in [2.24, 2.45) is 5.92 Å². The standard InChI is InChI=1S/C17H30IN3O7/c1-11(2)15(16(24)20-12(3)17(25)26)21-13(22)4-6-27-8-9-28-7-5-19-14(23)10-18/h11-12,15H,4-10H2,1-3H3,(H,19,23)(H,20,24)(H,21,22)(H,25,26)/t12-,15-/m0/s1. The molecule has 0 radical (unpaired) electrons. The van der Waals surface area contributed by atoms with Crippen molar-refractivity contribution < 1.29 is 33.8 Å². The Morgan fingerprint density at radius 1 is 0.929 bits per heavy atom. The summed E-state index contributed by atoms with van der Waals surface area (Å²) in [5.74, 6) is -2.30. The number of rotatable bonds is 15. The highest BCUT2D eigenvalue weighted by atomic mass is 127. The van der Waals surface area contributed by atoms with Gasteiger partial charge in [0.1, 0.15) is 12.1 Å². The van der Waals surface area contributed by atoms with Crippen molar-refractivity contribution in [3.05, 3.63) is 0 Å². The molecule has 0 aliphatic heterocycles. The first kappa shape index (κ1) is 26.5. The summed E-state index contributed by atoms with van der Waals surface area (Å²) in [4.78, 5) is 46.0. The maximum atomic E-state index is 12.1. The van der Waals surface area contributed by atoms with E-state index in [-0.39, 0.29) is 30.8 Å². The zero-order valence-corrected chi connectivity index (χ0v) is 18.6. The van der Waals surface area contributed by atoms with E-state index in [4.69, 9.17) is 14.6 Å². The van der Waals surface area contributed by atoms with E-state index in [9.17, 15) is 19.2 Å².